The Morgan fingerprint density at radius 2 is 1.15 bits per heavy atom. The molecule has 0 N–H and O–H groups in total. The summed E-state index contributed by atoms with van der Waals surface area (Å²) in [7, 11) is 1.71. The number of fused-ring (bicyclic) bond motifs is 6. The van der Waals surface area contributed by atoms with Gasteiger partial charge < -0.3 is 9.30 Å². The number of benzene rings is 8. The maximum atomic E-state index is 5.39. The van der Waals surface area contributed by atoms with Gasteiger partial charge in [0.2, 0.25) is 0 Å². The van der Waals surface area contributed by atoms with E-state index in [0.29, 0.717) is 0 Å². The highest BCUT2D eigenvalue weighted by molar-refractivity contribution is 6.19. The van der Waals surface area contributed by atoms with Gasteiger partial charge in [0.15, 0.2) is 0 Å². The fraction of sp³-hybridized carbons (Fsp3) is 0.0385. The van der Waals surface area contributed by atoms with Crippen LogP contribution in [0, 0.1) is 0 Å². The van der Waals surface area contributed by atoms with E-state index >= 15 is 0 Å². The SMILES string of the molecule is COc1ccc(C2=CC=Cc3cc(-c4ccc5c(c4)c4ccc6ccccc6c4n5-c4cc(-c5ccccc5)cc(-c5ccccc5)c4)ccc3C2)cc1. The van der Waals surface area contributed by atoms with E-state index in [2.05, 4.69) is 187 Å². The molecule has 2 heteroatoms. The molecule has 1 aliphatic carbocycles. The van der Waals surface area contributed by atoms with Crippen LogP contribution in [-0.2, 0) is 6.42 Å². The van der Waals surface area contributed by atoms with Gasteiger partial charge in [-0.3, -0.25) is 0 Å². The van der Waals surface area contributed by atoms with E-state index in [9.17, 15) is 0 Å². The van der Waals surface area contributed by atoms with Gasteiger partial charge in [-0.2, -0.15) is 0 Å². The van der Waals surface area contributed by atoms with Crippen LogP contribution < -0.4 is 4.74 Å². The lowest BCUT2D eigenvalue weighted by Crippen LogP contribution is -1.97. The minimum atomic E-state index is 0.875. The molecule has 8 aromatic carbocycles. The number of methoxy groups -OCH3 is 1. The van der Waals surface area contributed by atoms with Crippen LogP contribution in [0.3, 0.4) is 0 Å². The second-order valence-electron chi connectivity index (χ2n) is 14.1. The number of ether oxygens (including phenoxy) is 1. The van der Waals surface area contributed by atoms with E-state index in [0.717, 1.165) is 17.9 Å². The van der Waals surface area contributed by atoms with Crippen LogP contribution in [0.1, 0.15) is 16.7 Å². The smallest absolute Gasteiger partial charge is 0.118 e. The zero-order valence-corrected chi connectivity index (χ0v) is 30.0. The summed E-state index contributed by atoms with van der Waals surface area (Å²) in [6, 6.07) is 64.1. The van der Waals surface area contributed by atoms with Gasteiger partial charge in [-0.05, 0) is 116 Å². The van der Waals surface area contributed by atoms with Crippen molar-refractivity contribution in [2.45, 2.75) is 6.42 Å². The molecular formula is C52H37NO. The summed E-state index contributed by atoms with van der Waals surface area (Å²) < 4.78 is 7.88. The quantitative estimate of drug-likeness (QED) is 0.169. The lowest BCUT2D eigenvalue weighted by molar-refractivity contribution is 0.415. The van der Waals surface area contributed by atoms with Gasteiger partial charge in [0.05, 0.1) is 18.1 Å². The number of allylic oxidation sites excluding steroid dienone is 3. The third kappa shape index (κ3) is 5.60. The lowest BCUT2D eigenvalue weighted by Gasteiger charge is -2.15. The molecule has 0 unspecified atom stereocenters. The average molecular weight is 692 g/mol. The van der Waals surface area contributed by atoms with E-state index in [-0.39, 0.29) is 0 Å². The topological polar surface area (TPSA) is 14.2 Å². The Morgan fingerprint density at radius 3 is 1.89 bits per heavy atom. The highest BCUT2D eigenvalue weighted by atomic mass is 16.5. The summed E-state index contributed by atoms with van der Waals surface area (Å²) >= 11 is 0. The van der Waals surface area contributed by atoms with Gasteiger partial charge in [0.25, 0.3) is 0 Å². The molecule has 0 saturated carbocycles. The van der Waals surface area contributed by atoms with Crippen molar-refractivity contribution in [3.63, 3.8) is 0 Å². The Morgan fingerprint density at radius 1 is 0.481 bits per heavy atom. The number of rotatable bonds is 6. The van der Waals surface area contributed by atoms with Crippen molar-refractivity contribution in [1.82, 2.24) is 4.57 Å². The van der Waals surface area contributed by atoms with E-state index in [1.165, 1.54) is 88.2 Å². The minimum absolute atomic E-state index is 0.875. The van der Waals surface area contributed by atoms with Crippen molar-refractivity contribution in [1.29, 1.82) is 0 Å². The van der Waals surface area contributed by atoms with E-state index in [1.54, 1.807) is 7.11 Å². The third-order valence-electron chi connectivity index (χ3n) is 10.9. The molecule has 0 radical (unpaired) electrons. The molecule has 0 atom stereocenters. The Balaban J connectivity index is 1.13. The maximum absolute atomic E-state index is 5.39. The van der Waals surface area contributed by atoms with Gasteiger partial charge >= 0.3 is 0 Å². The molecule has 256 valence electrons. The van der Waals surface area contributed by atoms with Gasteiger partial charge in [-0.15, -0.1) is 0 Å². The predicted octanol–water partition coefficient (Wildman–Crippen LogP) is 13.6. The summed E-state index contributed by atoms with van der Waals surface area (Å²) in [5.41, 5.74) is 15.9. The molecule has 1 aliphatic rings. The highest BCUT2D eigenvalue weighted by Crippen LogP contribution is 2.41. The second kappa shape index (κ2) is 13.3. The molecule has 0 aliphatic heterocycles. The molecule has 54 heavy (non-hydrogen) atoms. The predicted molar refractivity (Wildman–Crippen MR) is 228 cm³/mol. The highest BCUT2D eigenvalue weighted by Gasteiger charge is 2.18. The largest absolute Gasteiger partial charge is 0.497 e. The van der Waals surface area contributed by atoms with Crippen LogP contribution in [-0.4, -0.2) is 11.7 Å². The van der Waals surface area contributed by atoms with Crippen LogP contribution in [0.25, 0.3) is 83.3 Å². The first-order valence-corrected chi connectivity index (χ1v) is 18.6. The molecule has 0 bridgehead atoms. The molecule has 9 aromatic rings. The number of aromatic nitrogens is 1. The van der Waals surface area contributed by atoms with Crippen molar-refractivity contribution >= 4 is 44.2 Å². The summed E-state index contributed by atoms with van der Waals surface area (Å²) in [5, 5.41) is 4.97. The second-order valence-corrected chi connectivity index (χ2v) is 14.1. The fourth-order valence-electron chi connectivity index (χ4n) is 8.19. The number of hydrogen-bond donors (Lipinski definition) is 0. The van der Waals surface area contributed by atoms with Crippen LogP contribution >= 0.6 is 0 Å². The third-order valence-corrected chi connectivity index (χ3v) is 10.9. The molecule has 0 fully saturated rings. The van der Waals surface area contributed by atoms with Crippen molar-refractivity contribution in [3.05, 3.63) is 205 Å². The van der Waals surface area contributed by atoms with Crippen molar-refractivity contribution in [2.75, 3.05) is 7.11 Å². The summed E-state index contributed by atoms with van der Waals surface area (Å²) in [6.45, 7) is 0. The first-order valence-electron chi connectivity index (χ1n) is 18.6. The first kappa shape index (κ1) is 31.8. The number of hydrogen-bond acceptors (Lipinski definition) is 1. The standard InChI is InChI=1S/C52H37NO/c1-54-47-25-21-37(22-26-47)39-16-10-17-40-30-42(20-19-41(40)29-39)43-24-28-51-50(34-43)49-27-23-38-15-8-9-18-48(38)52(49)53(51)46-32-44(35-11-4-2-5-12-35)31-45(33-46)36-13-6-3-7-14-36/h2-28,30-34H,29H2,1H3. The van der Waals surface area contributed by atoms with E-state index < -0.39 is 0 Å². The van der Waals surface area contributed by atoms with Crippen molar-refractivity contribution < 1.29 is 4.74 Å². The molecular weight excluding hydrogens is 655 g/mol. The summed E-state index contributed by atoms with van der Waals surface area (Å²) in [5.74, 6) is 0.875. The fourth-order valence-corrected chi connectivity index (χ4v) is 8.19. The van der Waals surface area contributed by atoms with Gasteiger partial charge in [-0.1, -0.05) is 146 Å². The maximum Gasteiger partial charge on any atom is 0.118 e. The first-order chi connectivity index (χ1) is 26.7. The number of nitrogens with zero attached hydrogens (tertiary/aromatic N) is 1. The van der Waals surface area contributed by atoms with Crippen molar-refractivity contribution in [2.24, 2.45) is 0 Å². The molecule has 10 rings (SSSR count). The van der Waals surface area contributed by atoms with Crippen LogP contribution in [0.15, 0.2) is 188 Å². The van der Waals surface area contributed by atoms with Gasteiger partial charge in [0.1, 0.15) is 5.75 Å². The summed E-state index contributed by atoms with van der Waals surface area (Å²) in [6.07, 6.45) is 7.55. The Kier molecular flexibility index (Phi) is 7.81. The normalized spacial score (nSPS) is 12.5. The summed E-state index contributed by atoms with van der Waals surface area (Å²) in [4.78, 5) is 0. The van der Waals surface area contributed by atoms with Gasteiger partial charge in [0, 0.05) is 21.8 Å². The van der Waals surface area contributed by atoms with Crippen LogP contribution in [0.5, 0.6) is 5.75 Å². The molecule has 0 saturated heterocycles. The van der Waals surface area contributed by atoms with Crippen LogP contribution in [0.2, 0.25) is 0 Å². The Bertz CT molecular complexity index is 2850. The molecule has 0 spiro atoms. The van der Waals surface area contributed by atoms with Crippen molar-refractivity contribution in [3.8, 4) is 44.8 Å². The molecule has 2 nitrogen and oxygen atoms in total. The molecule has 1 heterocycles. The zero-order valence-electron chi connectivity index (χ0n) is 30.0. The van der Waals surface area contributed by atoms with E-state index in [4.69, 9.17) is 4.74 Å². The Labute approximate surface area is 315 Å². The molecule has 0 amide bonds. The average Bonchev–Trinajstić information content (AvgIpc) is 3.43. The molecule has 1 aromatic heterocycles. The monoisotopic (exact) mass is 691 g/mol. The Hall–Kier alpha value is -6.90. The van der Waals surface area contributed by atoms with Crippen LogP contribution in [0.4, 0.5) is 0 Å². The lowest BCUT2D eigenvalue weighted by atomic mass is 9.93. The van der Waals surface area contributed by atoms with Gasteiger partial charge in [-0.25, -0.2) is 0 Å². The minimum Gasteiger partial charge on any atom is -0.497 e. The van der Waals surface area contributed by atoms with E-state index in [1.807, 2.05) is 12.1 Å². The zero-order chi connectivity index (χ0) is 36.0.